The maximum Gasteiger partial charge on any atom is 0.176 e. The molecule has 0 spiro atoms. The standard InChI is InChI=1S/C21H17Cl3N6S/c22-15-6-4-14(5-7-15)11-29-9-8-20(28-29)27-21(31)26-16-10-25-30(12-16)13-17-18(23)2-1-3-19(17)24/h1-10,12H,11,13H2,(H2,26,27,28,31). The van der Waals surface area contributed by atoms with Crippen LogP contribution in [0, 0.1) is 0 Å². The number of rotatable bonds is 6. The highest BCUT2D eigenvalue weighted by molar-refractivity contribution is 7.80. The number of hydrogen-bond donors (Lipinski definition) is 2. The largest absolute Gasteiger partial charge is 0.330 e. The number of nitrogens with one attached hydrogen (secondary N) is 2. The van der Waals surface area contributed by atoms with Crippen molar-refractivity contribution in [3.8, 4) is 0 Å². The van der Waals surface area contributed by atoms with Crippen LogP contribution in [0.1, 0.15) is 11.1 Å². The first-order chi connectivity index (χ1) is 15.0. The third-order valence-electron chi connectivity index (χ3n) is 4.41. The van der Waals surface area contributed by atoms with E-state index < -0.39 is 0 Å². The molecule has 0 bridgehead atoms. The number of nitrogens with zero attached hydrogens (tertiary/aromatic N) is 4. The molecule has 2 aromatic heterocycles. The Morgan fingerprint density at radius 3 is 2.39 bits per heavy atom. The molecule has 0 aliphatic heterocycles. The van der Waals surface area contributed by atoms with Gasteiger partial charge in [-0.3, -0.25) is 9.36 Å². The number of hydrogen-bond acceptors (Lipinski definition) is 3. The molecule has 2 aromatic carbocycles. The van der Waals surface area contributed by atoms with Gasteiger partial charge in [0.2, 0.25) is 0 Å². The van der Waals surface area contributed by atoms with Gasteiger partial charge in [-0.15, -0.1) is 0 Å². The van der Waals surface area contributed by atoms with Crippen LogP contribution in [0.3, 0.4) is 0 Å². The lowest BCUT2D eigenvalue weighted by Crippen LogP contribution is -2.19. The first kappa shape index (κ1) is 21.6. The van der Waals surface area contributed by atoms with E-state index in [0.717, 1.165) is 16.8 Å². The number of aromatic nitrogens is 4. The van der Waals surface area contributed by atoms with Crippen molar-refractivity contribution >= 4 is 63.6 Å². The first-order valence-corrected chi connectivity index (χ1v) is 10.8. The van der Waals surface area contributed by atoms with E-state index >= 15 is 0 Å². The predicted molar refractivity (Wildman–Crippen MR) is 130 cm³/mol. The van der Waals surface area contributed by atoms with Crippen molar-refractivity contribution in [1.82, 2.24) is 19.6 Å². The Morgan fingerprint density at radius 2 is 1.65 bits per heavy atom. The molecular weight excluding hydrogens is 475 g/mol. The minimum Gasteiger partial charge on any atom is -0.330 e. The fourth-order valence-corrected chi connectivity index (χ4v) is 3.80. The Hall–Kier alpha value is -2.58. The van der Waals surface area contributed by atoms with Crippen molar-refractivity contribution in [2.75, 3.05) is 10.6 Å². The predicted octanol–water partition coefficient (Wildman–Crippen LogP) is 5.95. The van der Waals surface area contributed by atoms with Gasteiger partial charge in [-0.25, -0.2) is 0 Å². The molecule has 4 rings (SSSR count). The Labute approximate surface area is 199 Å². The van der Waals surface area contributed by atoms with Crippen LogP contribution in [-0.2, 0) is 13.1 Å². The van der Waals surface area contributed by atoms with Crippen molar-refractivity contribution in [2.24, 2.45) is 0 Å². The summed E-state index contributed by atoms with van der Waals surface area (Å²) in [5, 5.41) is 17.3. The summed E-state index contributed by atoms with van der Waals surface area (Å²) >= 11 is 23.8. The quantitative estimate of drug-likeness (QED) is 0.327. The fraction of sp³-hybridized carbons (Fsp3) is 0.0952. The van der Waals surface area contributed by atoms with Crippen LogP contribution >= 0.6 is 47.0 Å². The smallest absolute Gasteiger partial charge is 0.176 e. The summed E-state index contributed by atoms with van der Waals surface area (Å²) in [4.78, 5) is 0. The van der Waals surface area contributed by atoms with Crippen LogP contribution in [-0.4, -0.2) is 24.7 Å². The second kappa shape index (κ2) is 9.70. The minimum absolute atomic E-state index is 0.409. The van der Waals surface area contributed by atoms with Gasteiger partial charge < -0.3 is 10.6 Å². The second-order valence-electron chi connectivity index (χ2n) is 6.73. The highest BCUT2D eigenvalue weighted by Gasteiger charge is 2.09. The number of thiocarbonyl (C=S) groups is 1. The van der Waals surface area contributed by atoms with E-state index in [9.17, 15) is 0 Å². The highest BCUT2D eigenvalue weighted by Crippen LogP contribution is 2.25. The van der Waals surface area contributed by atoms with Crippen LogP contribution in [0.5, 0.6) is 0 Å². The topological polar surface area (TPSA) is 59.7 Å². The first-order valence-electron chi connectivity index (χ1n) is 9.27. The van der Waals surface area contributed by atoms with E-state index in [1.54, 1.807) is 23.0 Å². The van der Waals surface area contributed by atoms with Crippen LogP contribution in [0.4, 0.5) is 11.5 Å². The fourth-order valence-electron chi connectivity index (χ4n) is 2.93. The molecule has 4 aromatic rings. The van der Waals surface area contributed by atoms with Gasteiger partial charge in [0.25, 0.3) is 0 Å². The summed E-state index contributed by atoms with van der Waals surface area (Å²) in [7, 11) is 0. The average molecular weight is 492 g/mol. The van der Waals surface area contributed by atoms with E-state index in [2.05, 4.69) is 20.8 Å². The molecule has 0 amide bonds. The molecule has 0 saturated carbocycles. The molecule has 2 N–H and O–H groups in total. The monoisotopic (exact) mass is 490 g/mol. The van der Waals surface area contributed by atoms with Gasteiger partial charge in [0.1, 0.15) is 0 Å². The molecule has 2 heterocycles. The van der Waals surface area contributed by atoms with Crippen LogP contribution in [0.25, 0.3) is 0 Å². The molecule has 10 heteroatoms. The van der Waals surface area contributed by atoms with Gasteiger partial charge in [0.05, 0.1) is 25.0 Å². The van der Waals surface area contributed by atoms with Crippen molar-refractivity contribution in [2.45, 2.75) is 13.1 Å². The van der Waals surface area contributed by atoms with E-state index in [0.29, 0.717) is 39.1 Å². The van der Waals surface area contributed by atoms with Gasteiger partial charge in [0.15, 0.2) is 10.9 Å². The zero-order valence-electron chi connectivity index (χ0n) is 16.1. The molecule has 0 atom stereocenters. The summed E-state index contributed by atoms with van der Waals surface area (Å²) in [6, 6.07) is 14.9. The SMILES string of the molecule is S=C(Nc1cnn(Cc2c(Cl)cccc2Cl)c1)Nc1ccn(Cc2ccc(Cl)cc2)n1. The maximum atomic E-state index is 6.23. The molecule has 0 saturated heterocycles. The zero-order chi connectivity index (χ0) is 21.8. The van der Waals surface area contributed by atoms with E-state index in [-0.39, 0.29) is 0 Å². The molecule has 0 fully saturated rings. The second-order valence-corrected chi connectivity index (χ2v) is 8.39. The van der Waals surface area contributed by atoms with E-state index in [1.165, 1.54) is 0 Å². The van der Waals surface area contributed by atoms with Crippen molar-refractivity contribution in [3.05, 3.63) is 93.3 Å². The van der Waals surface area contributed by atoms with E-state index in [4.69, 9.17) is 47.0 Å². The molecule has 0 radical (unpaired) electrons. The normalized spacial score (nSPS) is 10.8. The summed E-state index contributed by atoms with van der Waals surface area (Å²) in [5.41, 5.74) is 2.65. The molecule has 0 unspecified atom stereocenters. The average Bonchev–Trinajstić information content (AvgIpc) is 3.36. The number of halogens is 3. The van der Waals surface area contributed by atoms with Gasteiger partial charge in [0, 0.05) is 39.1 Å². The van der Waals surface area contributed by atoms with Crippen LogP contribution < -0.4 is 10.6 Å². The van der Waals surface area contributed by atoms with Gasteiger partial charge in [-0.05, 0) is 42.0 Å². The lowest BCUT2D eigenvalue weighted by molar-refractivity contribution is 0.687. The third kappa shape index (κ3) is 5.77. The van der Waals surface area contributed by atoms with Crippen LogP contribution in [0.2, 0.25) is 15.1 Å². The minimum atomic E-state index is 0.409. The van der Waals surface area contributed by atoms with Gasteiger partial charge >= 0.3 is 0 Å². The number of anilines is 2. The highest BCUT2D eigenvalue weighted by atomic mass is 35.5. The van der Waals surface area contributed by atoms with Crippen molar-refractivity contribution < 1.29 is 0 Å². The lowest BCUT2D eigenvalue weighted by atomic mass is 10.2. The summed E-state index contributed by atoms with van der Waals surface area (Å²) in [6.45, 7) is 1.09. The Morgan fingerprint density at radius 1 is 0.903 bits per heavy atom. The lowest BCUT2D eigenvalue weighted by Gasteiger charge is -2.08. The van der Waals surface area contributed by atoms with Crippen molar-refractivity contribution in [1.29, 1.82) is 0 Å². The van der Waals surface area contributed by atoms with Crippen molar-refractivity contribution in [3.63, 3.8) is 0 Å². The Kier molecular flexibility index (Phi) is 6.77. The molecule has 6 nitrogen and oxygen atoms in total. The molecule has 0 aliphatic rings. The third-order valence-corrected chi connectivity index (χ3v) is 5.58. The molecular formula is C21H17Cl3N6S. The molecule has 31 heavy (non-hydrogen) atoms. The van der Waals surface area contributed by atoms with Gasteiger partial charge in [-0.1, -0.05) is 53.0 Å². The maximum absolute atomic E-state index is 6.23. The molecule has 158 valence electrons. The zero-order valence-corrected chi connectivity index (χ0v) is 19.2. The Balaban J connectivity index is 1.33. The van der Waals surface area contributed by atoms with Gasteiger partial charge in [-0.2, -0.15) is 10.2 Å². The summed E-state index contributed by atoms with van der Waals surface area (Å²) in [5.74, 6) is 0.640. The number of benzene rings is 2. The molecule has 0 aliphatic carbocycles. The Bertz CT molecular complexity index is 1180. The summed E-state index contributed by atoms with van der Waals surface area (Å²) < 4.78 is 3.55. The summed E-state index contributed by atoms with van der Waals surface area (Å²) in [6.07, 6.45) is 5.38. The van der Waals surface area contributed by atoms with E-state index in [1.807, 2.05) is 53.5 Å². The van der Waals surface area contributed by atoms with Crippen LogP contribution in [0.15, 0.2) is 67.1 Å².